The summed E-state index contributed by atoms with van der Waals surface area (Å²) < 4.78 is 0. The van der Waals surface area contributed by atoms with E-state index in [0.29, 0.717) is 13.0 Å². The normalized spacial score (nSPS) is 17.2. The zero-order valence-corrected chi connectivity index (χ0v) is 12.5. The first-order valence-electron chi connectivity index (χ1n) is 6.63. The predicted octanol–water partition coefficient (Wildman–Crippen LogP) is 1.97. The van der Waals surface area contributed by atoms with Crippen LogP contribution in [0.15, 0.2) is 5.38 Å². The van der Waals surface area contributed by atoms with Crippen molar-refractivity contribution in [2.45, 2.75) is 38.6 Å². The fourth-order valence-electron chi connectivity index (χ4n) is 2.38. The number of carboxylic acids is 1. The molecule has 2 rings (SSSR count). The van der Waals surface area contributed by atoms with E-state index in [0.717, 1.165) is 24.4 Å². The van der Waals surface area contributed by atoms with E-state index in [2.05, 4.69) is 24.1 Å². The minimum absolute atomic E-state index is 0.0532. The fourth-order valence-corrected chi connectivity index (χ4v) is 3.15. The monoisotopic (exact) mass is 297 g/mol. The number of nitrogens with zero attached hydrogens (tertiary/aromatic N) is 2. The van der Waals surface area contributed by atoms with Crippen LogP contribution in [-0.4, -0.2) is 45.6 Å². The second-order valence-corrected chi connectivity index (χ2v) is 6.42. The van der Waals surface area contributed by atoms with Gasteiger partial charge in [-0.05, 0) is 26.7 Å². The molecule has 1 aliphatic rings. The van der Waals surface area contributed by atoms with Gasteiger partial charge in [0.05, 0.1) is 5.01 Å². The van der Waals surface area contributed by atoms with E-state index in [9.17, 15) is 9.59 Å². The standard InChI is InChI=1S/C13H19N3O3S/c1-13(2)5-3-7-16(13)12(19)14-6-4-10-15-9(8-20-10)11(17)18/h8H,3-7H2,1-2H3,(H,14,19)(H,17,18). The number of hydrogen-bond acceptors (Lipinski definition) is 4. The smallest absolute Gasteiger partial charge is 0.355 e. The summed E-state index contributed by atoms with van der Waals surface area (Å²) in [6.07, 6.45) is 2.61. The molecular formula is C13H19N3O3S. The molecular weight excluding hydrogens is 278 g/mol. The Bertz CT molecular complexity index is 513. The molecule has 1 aromatic heterocycles. The number of thiazole rings is 1. The van der Waals surface area contributed by atoms with Crippen LogP contribution in [-0.2, 0) is 6.42 Å². The van der Waals surface area contributed by atoms with Gasteiger partial charge >= 0.3 is 12.0 Å². The van der Waals surface area contributed by atoms with Crippen molar-refractivity contribution < 1.29 is 14.7 Å². The molecule has 110 valence electrons. The molecule has 2 heterocycles. The van der Waals surface area contributed by atoms with Gasteiger partial charge in [0.15, 0.2) is 5.69 Å². The van der Waals surface area contributed by atoms with Crippen LogP contribution in [0.25, 0.3) is 0 Å². The average molecular weight is 297 g/mol. The van der Waals surface area contributed by atoms with Gasteiger partial charge < -0.3 is 15.3 Å². The molecule has 20 heavy (non-hydrogen) atoms. The fraction of sp³-hybridized carbons (Fsp3) is 0.615. The molecule has 1 saturated heterocycles. The van der Waals surface area contributed by atoms with Gasteiger partial charge in [0.1, 0.15) is 0 Å². The van der Waals surface area contributed by atoms with Crippen LogP contribution >= 0.6 is 11.3 Å². The molecule has 0 bridgehead atoms. The minimum Gasteiger partial charge on any atom is -0.476 e. The molecule has 0 aromatic carbocycles. The summed E-state index contributed by atoms with van der Waals surface area (Å²) in [4.78, 5) is 28.6. The molecule has 2 N–H and O–H groups in total. The maximum absolute atomic E-state index is 12.1. The predicted molar refractivity (Wildman–Crippen MR) is 76.2 cm³/mol. The largest absolute Gasteiger partial charge is 0.476 e. The number of likely N-dealkylation sites (tertiary alicyclic amines) is 1. The Morgan fingerprint density at radius 3 is 2.85 bits per heavy atom. The summed E-state index contributed by atoms with van der Waals surface area (Å²) >= 11 is 1.30. The number of carbonyl (C=O) groups excluding carboxylic acids is 1. The second kappa shape index (κ2) is 5.78. The average Bonchev–Trinajstić information content (AvgIpc) is 2.95. The topological polar surface area (TPSA) is 82.5 Å². The van der Waals surface area contributed by atoms with Crippen molar-refractivity contribution in [1.29, 1.82) is 0 Å². The molecule has 1 aromatic rings. The molecule has 7 heteroatoms. The molecule has 0 aliphatic carbocycles. The molecule has 0 saturated carbocycles. The Kier molecular flexibility index (Phi) is 4.27. The number of urea groups is 1. The highest BCUT2D eigenvalue weighted by Gasteiger charge is 2.35. The number of aromatic carboxylic acids is 1. The van der Waals surface area contributed by atoms with Crippen LogP contribution in [0, 0.1) is 0 Å². The van der Waals surface area contributed by atoms with Crippen LogP contribution < -0.4 is 5.32 Å². The molecule has 0 radical (unpaired) electrons. The van der Waals surface area contributed by atoms with Crippen LogP contribution in [0.4, 0.5) is 4.79 Å². The summed E-state index contributed by atoms with van der Waals surface area (Å²) in [5.41, 5.74) is -0.0149. The lowest BCUT2D eigenvalue weighted by Gasteiger charge is -2.31. The third-order valence-electron chi connectivity index (χ3n) is 3.53. The van der Waals surface area contributed by atoms with Gasteiger partial charge in [-0.1, -0.05) is 0 Å². The summed E-state index contributed by atoms with van der Waals surface area (Å²) in [5.74, 6) is -1.02. The van der Waals surface area contributed by atoms with Crippen LogP contribution in [0.1, 0.15) is 42.2 Å². The molecule has 1 aliphatic heterocycles. The van der Waals surface area contributed by atoms with E-state index < -0.39 is 5.97 Å². The van der Waals surface area contributed by atoms with E-state index >= 15 is 0 Å². The van der Waals surface area contributed by atoms with Crippen molar-refractivity contribution >= 4 is 23.3 Å². The van der Waals surface area contributed by atoms with Crippen LogP contribution in [0.5, 0.6) is 0 Å². The lowest BCUT2D eigenvalue weighted by molar-refractivity contribution is 0.0691. The first-order valence-corrected chi connectivity index (χ1v) is 7.51. The third kappa shape index (κ3) is 3.27. The second-order valence-electron chi connectivity index (χ2n) is 5.48. The Balaban J connectivity index is 1.80. The van der Waals surface area contributed by atoms with Gasteiger partial charge in [-0.15, -0.1) is 11.3 Å². The summed E-state index contributed by atoms with van der Waals surface area (Å²) in [6.45, 7) is 5.40. The Morgan fingerprint density at radius 2 is 2.30 bits per heavy atom. The molecule has 0 atom stereocenters. The Labute approximate surface area is 121 Å². The maximum atomic E-state index is 12.1. The van der Waals surface area contributed by atoms with Crippen LogP contribution in [0.2, 0.25) is 0 Å². The van der Waals surface area contributed by atoms with Gasteiger partial charge in [0.2, 0.25) is 0 Å². The third-order valence-corrected chi connectivity index (χ3v) is 4.44. The quantitative estimate of drug-likeness (QED) is 0.890. The number of hydrogen-bond donors (Lipinski definition) is 2. The summed E-state index contributed by atoms with van der Waals surface area (Å²) in [6, 6.07) is -0.0532. The zero-order chi connectivity index (χ0) is 14.8. The van der Waals surface area contributed by atoms with Crippen molar-refractivity contribution in [3.63, 3.8) is 0 Å². The van der Waals surface area contributed by atoms with Gasteiger partial charge in [0.25, 0.3) is 0 Å². The van der Waals surface area contributed by atoms with Gasteiger partial charge in [-0.3, -0.25) is 0 Å². The molecule has 0 unspecified atom stereocenters. The van der Waals surface area contributed by atoms with E-state index in [1.165, 1.54) is 16.7 Å². The summed E-state index contributed by atoms with van der Waals surface area (Å²) in [5, 5.41) is 13.9. The van der Waals surface area contributed by atoms with Gasteiger partial charge in [-0.2, -0.15) is 0 Å². The number of aromatic nitrogens is 1. The first-order chi connectivity index (χ1) is 9.40. The van der Waals surface area contributed by atoms with E-state index in [4.69, 9.17) is 5.11 Å². The van der Waals surface area contributed by atoms with E-state index in [1.54, 1.807) is 0 Å². The SMILES string of the molecule is CC1(C)CCCN1C(=O)NCCc1nc(C(=O)O)cs1. The summed E-state index contributed by atoms with van der Waals surface area (Å²) in [7, 11) is 0. The molecule has 1 fully saturated rings. The number of carboxylic acid groups (broad SMARTS) is 1. The molecule has 6 nitrogen and oxygen atoms in total. The zero-order valence-electron chi connectivity index (χ0n) is 11.7. The molecule has 2 amide bonds. The Morgan fingerprint density at radius 1 is 1.55 bits per heavy atom. The maximum Gasteiger partial charge on any atom is 0.355 e. The highest BCUT2D eigenvalue weighted by molar-refractivity contribution is 7.09. The lowest BCUT2D eigenvalue weighted by Crippen LogP contribution is -2.48. The van der Waals surface area contributed by atoms with Crippen molar-refractivity contribution in [2.24, 2.45) is 0 Å². The van der Waals surface area contributed by atoms with Crippen molar-refractivity contribution in [1.82, 2.24) is 15.2 Å². The lowest BCUT2D eigenvalue weighted by atomic mass is 10.0. The number of carbonyl (C=O) groups is 2. The number of rotatable bonds is 4. The first kappa shape index (κ1) is 14.8. The highest BCUT2D eigenvalue weighted by Crippen LogP contribution is 2.27. The number of amides is 2. The van der Waals surface area contributed by atoms with Crippen molar-refractivity contribution in [2.75, 3.05) is 13.1 Å². The minimum atomic E-state index is -1.02. The Hall–Kier alpha value is -1.63. The van der Waals surface area contributed by atoms with Crippen molar-refractivity contribution in [3.8, 4) is 0 Å². The van der Waals surface area contributed by atoms with Gasteiger partial charge in [0, 0.05) is 30.4 Å². The number of nitrogens with one attached hydrogen (secondary N) is 1. The van der Waals surface area contributed by atoms with E-state index in [-0.39, 0.29) is 17.3 Å². The molecule has 0 spiro atoms. The highest BCUT2D eigenvalue weighted by atomic mass is 32.1. The van der Waals surface area contributed by atoms with Gasteiger partial charge in [-0.25, -0.2) is 14.6 Å². The van der Waals surface area contributed by atoms with E-state index in [1.807, 2.05) is 4.90 Å². The van der Waals surface area contributed by atoms with Crippen LogP contribution in [0.3, 0.4) is 0 Å². The van der Waals surface area contributed by atoms with Crippen molar-refractivity contribution in [3.05, 3.63) is 16.1 Å².